The van der Waals surface area contributed by atoms with Crippen LogP contribution in [0.5, 0.6) is 0 Å². The van der Waals surface area contributed by atoms with Gasteiger partial charge in [0.25, 0.3) is 0 Å². The maximum atomic E-state index is 2.38. The van der Waals surface area contributed by atoms with Crippen LogP contribution in [0.3, 0.4) is 0 Å². The van der Waals surface area contributed by atoms with Gasteiger partial charge in [0.2, 0.25) is 0 Å². The zero-order valence-corrected chi connectivity index (χ0v) is 9.15. The van der Waals surface area contributed by atoms with Crippen molar-refractivity contribution in [3.8, 4) is 0 Å². The standard InChI is InChI=1S/C15H18/c1-3-8-14(9-4-1)12-7-13-15-10-5-2-6-11-15/h1,3-4,7-10,13H,2,5-6,11-12H2/b13-7+. The zero-order chi connectivity index (χ0) is 10.3. The van der Waals surface area contributed by atoms with Gasteiger partial charge < -0.3 is 0 Å². The third-order valence-corrected chi connectivity index (χ3v) is 2.85. The lowest BCUT2D eigenvalue weighted by molar-refractivity contribution is 0.712. The molecular formula is C15H18. The fraction of sp³-hybridized carbons (Fsp3) is 0.333. The summed E-state index contributed by atoms with van der Waals surface area (Å²) in [5, 5.41) is 0. The molecule has 78 valence electrons. The molecule has 0 atom stereocenters. The van der Waals surface area contributed by atoms with E-state index < -0.39 is 0 Å². The van der Waals surface area contributed by atoms with Gasteiger partial charge in [-0.1, -0.05) is 54.1 Å². The molecule has 0 spiro atoms. The average Bonchev–Trinajstić information content (AvgIpc) is 2.32. The van der Waals surface area contributed by atoms with E-state index in [0.29, 0.717) is 0 Å². The van der Waals surface area contributed by atoms with Gasteiger partial charge in [0.1, 0.15) is 0 Å². The Kier molecular flexibility index (Phi) is 3.78. The lowest BCUT2D eigenvalue weighted by atomic mass is 9.99. The van der Waals surface area contributed by atoms with Crippen LogP contribution in [0.1, 0.15) is 31.2 Å². The van der Waals surface area contributed by atoms with E-state index in [9.17, 15) is 0 Å². The lowest BCUT2D eigenvalue weighted by Crippen LogP contribution is -1.88. The first-order chi connectivity index (χ1) is 7.45. The van der Waals surface area contributed by atoms with Crippen LogP contribution in [0.2, 0.25) is 0 Å². The highest BCUT2D eigenvalue weighted by molar-refractivity contribution is 5.23. The predicted octanol–water partition coefficient (Wildman–Crippen LogP) is 4.29. The Morgan fingerprint density at radius 2 is 1.93 bits per heavy atom. The molecule has 1 aliphatic rings. The van der Waals surface area contributed by atoms with Crippen molar-refractivity contribution in [2.45, 2.75) is 32.1 Å². The monoisotopic (exact) mass is 198 g/mol. The van der Waals surface area contributed by atoms with E-state index in [1.807, 2.05) is 0 Å². The normalized spacial score (nSPS) is 16.7. The summed E-state index contributed by atoms with van der Waals surface area (Å²) in [5.41, 5.74) is 2.92. The topological polar surface area (TPSA) is 0 Å². The Morgan fingerprint density at radius 3 is 2.67 bits per heavy atom. The smallest absolute Gasteiger partial charge is 0.00942 e. The summed E-state index contributed by atoms with van der Waals surface area (Å²) in [5.74, 6) is 0. The van der Waals surface area contributed by atoms with Crippen LogP contribution in [0.15, 0.2) is 54.1 Å². The molecule has 0 radical (unpaired) electrons. The Bertz CT molecular complexity index is 344. The minimum atomic E-state index is 1.05. The molecule has 0 aromatic heterocycles. The third-order valence-electron chi connectivity index (χ3n) is 2.85. The molecule has 0 heteroatoms. The predicted molar refractivity (Wildman–Crippen MR) is 65.8 cm³/mol. The third kappa shape index (κ3) is 3.39. The average molecular weight is 198 g/mol. The Balaban J connectivity index is 1.87. The van der Waals surface area contributed by atoms with E-state index in [1.165, 1.54) is 36.8 Å². The van der Waals surface area contributed by atoms with E-state index in [-0.39, 0.29) is 0 Å². The Labute approximate surface area is 92.3 Å². The minimum Gasteiger partial charge on any atom is -0.0813 e. The number of benzene rings is 1. The first-order valence-corrected chi connectivity index (χ1v) is 5.84. The highest BCUT2D eigenvalue weighted by Crippen LogP contribution is 2.18. The van der Waals surface area contributed by atoms with E-state index in [4.69, 9.17) is 0 Å². The second-order valence-corrected chi connectivity index (χ2v) is 4.12. The van der Waals surface area contributed by atoms with Crippen molar-refractivity contribution < 1.29 is 0 Å². The molecule has 15 heavy (non-hydrogen) atoms. The lowest BCUT2D eigenvalue weighted by Gasteiger charge is -2.07. The zero-order valence-electron chi connectivity index (χ0n) is 9.15. The van der Waals surface area contributed by atoms with Crippen molar-refractivity contribution in [3.05, 3.63) is 59.7 Å². The maximum absolute atomic E-state index is 2.38. The minimum absolute atomic E-state index is 1.05. The van der Waals surface area contributed by atoms with Gasteiger partial charge in [-0.3, -0.25) is 0 Å². The molecule has 1 aliphatic carbocycles. The summed E-state index contributed by atoms with van der Waals surface area (Å²) >= 11 is 0. The molecule has 1 aromatic carbocycles. The summed E-state index contributed by atoms with van der Waals surface area (Å²) in [6, 6.07) is 10.6. The van der Waals surface area contributed by atoms with E-state index in [0.717, 1.165) is 6.42 Å². The first kappa shape index (κ1) is 10.2. The van der Waals surface area contributed by atoms with Gasteiger partial charge in [-0.05, 0) is 37.7 Å². The molecule has 0 fully saturated rings. The molecule has 0 bridgehead atoms. The van der Waals surface area contributed by atoms with Crippen molar-refractivity contribution in [1.29, 1.82) is 0 Å². The van der Waals surface area contributed by atoms with Crippen molar-refractivity contribution in [2.24, 2.45) is 0 Å². The molecule has 0 heterocycles. The first-order valence-electron chi connectivity index (χ1n) is 5.84. The summed E-state index contributed by atoms with van der Waals surface area (Å²) in [4.78, 5) is 0. The Hall–Kier alpha value is -1.30. The summed E-state index contributed by atoms with van der Waals surface area (Å²) in [6.07, 6.45) is 13.3. The largest absolute Gasteiger partial charge is 0.0813 e. The second kappa shape index (κ2) is 5.55. The van der Waals surface area contributed by atoms with Gasteiger partial charge in [0.15, 0.2) is 0 Å². The van der Waals surface area contributed by atoms with Crippen LogP contribution in [0, 0.1) is 0 Å². The molecule has 0 unspecified atom stereocenters. The van der Waals surface area contributed by atoms with Crippen LogP contribution < -0.4 is 0 Å². The van der Waals surface area contributed by atoms with Crippen molar-refractivity contribution in [1.82, 2.24) is 0 Å². The van der Waals surface area contributed by atoms with Gasteiger partial charge in [-0.2, -0.15) is 0 Å². The van der Waals surface area contributed by atoms with Gasteiger partial charge in [-0.25, -0.2) is 0 Å². The van der Waals surface area contributed by atoms with E-state index >= 15 is 0 Å². The quantitative estimate of drug-likeness (QED) is 0.679. The van der Waals surface area contributed by atoms with Crippen molar-refractivity contribution in [3.63, 3.8) is 0 Å². The molecule has 0 aliphatic heterocycles. The molecular weight excluding hydrogens is 180 g/mol. The Morgan fingerprint density at radius 1 is 1.07 bits per heavy atom. The molecule has 1 aromatic rings. The fourth-order valence-corrected chi connectivity index (χ4v) is 1.97. The fourth-order valence-electron chi connectivity index (χ4n) is 1.97. The maximum Gasteiger partial charge on any atom is -0.00942 e. The molecule has 0 amide bonds. The van der Waals surface area contributed by atoms with Crippen LogP contribution in [0.4, 0.5) is 0 Å². The van der Waals surface area contributed by atoms with Gasteiger partial charge in [0.05, 0.1) is 0 Å². The number of hydrogen-bond acceptors (Lipinski definition) is 0. The van der Waals surface area contributed by atoms with Gasteiger partial charge in [-0.15, -0.1) is 0 Å². The van der Waals surface area contributed by atoms with Crippen molar-refractivity contribution >= 4 is 0 Å². The number of allylic oxidation sites excluding steroid dienone is 4. The van der Waals surface area contributed by atoms with Gasteiger partial charge in [0, 0.05) is 0 Å². The highest BCUT2D eigenvalue weighted by atomic mass is 14.0. The molecule has 0 nitrogen and oxygen atoms in total. The molecule has 0 saturated heterocycles. The van der Waals surface area contributed by atoms with Crippen LogP contribution in [-0.4, -0.2) is 0 Å². The van der Waals surface area contributed by atoms with Crippen molar-refractivity contribution in [2.75, 3.05) is 0 Å². The van der Waals surface area contributed by atoms with E-state index in [1.54, 1.807) is 0 Å². The molecule has 0 saturated carbocycles. The van der Waals surface area contributed by atoms with E-state index in [2.05, 4.69) is 48.6 Å². The summed E-state index contributed by atoms with van der Waals surface area (Å²) in [7, 11) is 0. The second-order valence-electron chi connectivity index (χ2n) is 4.12. The van der Waals surface area contributed by atoms with Crippen LogP contribution in [0.25, 0.3) is 0 Å². The molecule has 2 rings (SSSR count). The molecule has 0 N–H and O–H groups in total. The highest BCUT2D eigenvalue weighted by Gasteiger charge is 1.98. The number of rotatable bonds is 3. The SMILES string of the molecule is C1=C(/C=C/Cc2ccccc2)CCCC1. The van der Waals surface area contributed by atoms with Crippen LogP contribution >= 0.6 is 0 Å². The summed E-state index contributed by atoms with van der Waals surface area (Å²) < 4.78 is 0. The summed E-state index contributed by atoms with van der Waals surface area (Å²) in [6.45, 7) is 0. The number of hydrogen-bond donors (Lipinski definition) is 0. The van der Waals surface area contributed by atoms with Gasteiger partial charge >= 0.3 is 0 Å². The van der Waals surface area contributed by atoms with Crippen LogP contribution in [-0.2, 0) is 6.42 Å².